The highest BCUT2D eigenvalue weighted by atomic mass is 16.6. The standard InChI is InChI=1S/C20H16N2O6/c1-2-27-20(24)13-6-8-15(9-7-13)21-19(23)18-11-10-17(28-18)14-4-3-5-16(12-14)22(25)26/h3-12H,2H2,1H3,(H,21,23). The number of furan rings is 1. The number of nitro groups is 1. The van der Waals surface area contributed by atoms with E-state index in [4.69, 9.17) is 9.15 Å². The number of non-ortho nitro benzene ring substituents is 1. The number of anilines is 1. The number of benzene rings is 2. The van der Waals surface area contributed by atoms with Crippen LogP contribution in [0.4, 0.5) is 11.4 Å². The zero-order valence-electron chi connectivity index (χ0n) is 14.9. The summed E-state index contributed by atoms with van der Waals surface area (Å²) in [7, 11) is 0. The number of carbonyl (C=O) groups excluding carboxylic acids is 2. The van der Waals surface area contributed by atoms with Crippen LogP contribution in [0.15, 0.2) is 65.1 Å². The van der Waals surface area contributed by atoms with Gasteiger partial charge in [0, 0.05) is 23.4 Å². The van der Waals surface area contributed by atoms with Gasteiger partial charge in [-0.1, -0.05) is 12.1 Å². The van der Waals surface area contributed by atoms with Crippen molar-refractivity contribution in [3.8, 4) is 11.3 Å². The minimum Gasteiger partial charge on any atom is -0.462 e. The first kappa shape index (κ1) is 18.8. The number of esters is 1. The van der Waals surface area contributed by atoms with E-state index in [0.717, 1.165) is 0 Å². The van der Waals surface area contributed by atoms with Gasteiger partial charge in [-0.2, -0.15) is 0 Å². The van der Waals surface area contributed by atoms with E-state index in [1.807, 2.05) is 0 Å². The number of carbonyl (C=O) groups is 2. The largest absolute Gasteiger partial charge is 0.462 e. The van der Waals surface area contributed by atoms with Gasteiger partial charge in [0.05, 0.1) is 17.1 Å². The summed E-state index contributed by atoms with van der Waals surface area (Å²) in [5.41, 5.74) is 1.28. The SMILES string of the molecule is CCOC(=O)c1ccc(NC(=O)c2ccc(-c3cccc([N+](=O)[O-])c3)o2)cc1. The minimum absolute atomic E-state index is 0.0518. The number of rotatable bonds is 6. The van der Waals surface area contributed by atoms with Crippen molar-refractivity contribution in [2.24, 2.45) is 0 Å². The molecule has 0 bridgehead atoms. The third-order valence-corrected chi connectivity index (χ3v) is 3.83. The Morgan fingerprint density at radius 2 is 1.86 bits per heavy atom. The summed E-state index contributed by atoms with van der Waals surface area (Å²) >= 11 is 0. The molecule has 8 heteroatoms. The van der Waals surface area contributed by atoms with Gasteiger partial charge in [-0.25, -0.2) is 4.79 Å². The fourth-order valence-electron chi connectivity index (χ4n) is 2.48. The molecule has 0 radical (unpaired) electrons. The van der Waals surface area contributed by atoms with Crippen LogP contribution in [-0.4, -0.2) is 23.4 Å². The Morgan fingerprint density at radius 3 is 2.54 bits per heavy atom. The van der Waals surface area contributed by atoms with E-state index in [9.17, 15) is 19.7 Å². The quantitative estimate of drug-likeness (QED) is 0.388. The molecule has 8 nitrogen and oxygen atoms in total. The number of hydrogen-bond donors (Lipinski definition) is 1. The maximum atomic E-state index is 12.4. The molecule has 0 saturated heterocycles. The molecule has 1 amide bonds. The summed E-state index contributed by atoms with van der Waals surface area (Å²) in [5, 5.41) is 13.5. The Labute approximate surface area is 159 Å². The normalized spacial score (nSPS) is 10.3. The summed E-state index contributed by atoms with van der Waals surface area (Å²) in [6, 6.07) is 15.2. The van der Waals surface area contributed by atoms with Gasteiger partial charge in [0.1, 0.15) is 5.76 Å². The van der Waals surface area contributed by atoms with Gasteiger partial charge >= 0.3 is 5.97 Å². The third-order valence-electron chi connectivity index (χ3n) is 3.83. The van der Waals surface area contributed by atoms with Crippen molar-refractivity contribution in [1.82, 2.24) is 0 Å². The van der Waals surface area contributed by atoms with Crippen molar-refractivity contribution < 1.29 is 23.7 Å². The van der Waals surface area contributed by atoms with E-state index in [-0.39, 0.29) is 18.1 Å². The van der Waals surface area contributed by atoms with Crippen LogP contribution in [0.2, 0.25) is 0 Å². The average Bonchev–Trinajstić information content (AvgIpc) is 3.19. The summed E-state index contributed by atoms with van der Waals surface area (Å²) in [6.45, 7) is 2.00. The second-order valence-corrected chi connectivity index (χ2v) is 5.72. The van der Waals surface area contributed by atoms with Crippen LogP contribution in [0, 0.1) is 10.1 Å². The van der Waals surface area contributed by atoms with Crippen LogP contribution >= 0.6 is 0 Å². The summed E-state index contributed by atoms with van der Waals surface area (Å²) < 4.78 is 10.4. The monoisotopic (exact) mass is 380 g/mol. The number of nitro benzene ring substituents is 1. The molecule has 0 aliphatic heterocycles. The molecule has 0 aliphatic carbocycles. The molecule has 0 aliphatic rings. The molecule has 0 atom stereocenters. The molecule has 0 spiro atoms. The Morgan fingerprint density at radius 1 is 1.11 bits per heavy atom. The second-order valence-electron chi connectivity index (χ2n) is 5.72. The molecule has 1 heterocycles. The van der Waals surface area contributed by atoms with Gasteiger partial charge in [0.2, 0.25) is 0 Å². The first-order valence-corrected chi connectivity index (χ1v) is 8.41. The lowest BCUT2D eigenvalue weighted by molar-refractivity contribution is -0.384. The van der Waals surface area contributed by atoms with Crippen molar-refractivity contribution in [2.45, 2.75) is 6.92 Å². The maximum absolute atomic E-state index is 12.4. The lowest BCUT2D eigenvalue weighted by atomic mass is 10.1. The molecule has 3 rings (SSSR count). The topological polar surface area (TPSA) is 112 Å². The third kappa shape index (κ3) is 4.24. The van der Waals surface area contributed by atoms with Crippen LogP contribution in [0.25, 0.3) is 11.3 Å². The Kier molecular flexibility index (Phi) is 5.50. The molecule has 0 fully saturated rings. The number of ether oxygens (including phenoxy) is 1. The van der Waals surface area contributed by atoms with Gasteiger partial charge in [-0.3, -0.25) is 14.9 Å². The fraction of sp³-hybridized carbons (Fsp3) is 0.100. The van der Waals surface area contributed by atoms with Crippen LogP contribution in [-0.2, 0) is 4.74 Å². The molecule has 142 valence electrons. The molecule has 0 unspecified atom stereocenters. The number of amides is 1. The molecule has 1 N–H and O–H groups in total. The Balaban J connectivity index is 1.71. The molecule has 2 aromatic carbocycles. The van der Waals surface area contributed by atoms with Crippen molar-refractivity contribution in [2.75, 3.05) is 11.9 Å². The summed E-state index contributed by atoms with van der Waals surface area (Å²) in [6.07, 6.45) is 0. The first-order chi connectivity index (χ1) is 13.5. The molecule has 3 aromatic rings. The molecular formula is C20H16N2O6. The van der Waals surface area contributed by atoms with Gasteiger partial charge < -0.3 is 14.5 Å². The predicted molar refractivity (Wildman–Crippen MR) is 101 cm³/mol. The van der Waals surface area contributed by atoms with Crippen molar-refractivity contribution in [3.05, 3.63) is 82.1 Å². The van der Waals surface area contributed by atoms with Crippen molar-refractivity contribution in [3.63, 3.8) is 0 Å². The van der Waals surface area contributed by atoms with Crippen LogP contribution in [0.3, 0.4) is 0 Å². The van der Waals surface area contributed by atoms with Crippen molar-refractivity contribution in [1.29, 1.82) is 0 Å². The Bertz CT molecular complexity index is 1020. The van der Waals surface area contributed by atoms with E-state index in [1.165, 1.54) is 18.2 Å². The number of nitrogens with one attached hydrogen (secondary N) is 1. The average molecular weight is 380 g/mol. The molecular weight excluding hydrogens is 364 g/mol. The zero-order valence-corrected chi connectivity index (χ0v) is 14.9. The van der Waals surface area contributed by atoms with E-state index in [0.29, 0.717) is 22.6 Å². The van der Waals surface area contributed by atoms with Crippen LogP contribution in [0.1, 0.15) is 27.8 Å². The van der Waals surface area contributed by atoms with E-state index in [1.54, 1.807) is 49.4 Å². The van der Waals surface area contributed by atoms with Gasteiger partial charge in [0.15, 0.2) is 5.76 Å². The number of hydrogen-bond acceptors (Lipinski definition) is 6. The highest BCUT2D eigenvalue weighted by molar-refractivity contribution is 6.02. The van der Waals surface area contributed by atoms with Crippen LogP contribution < -0.4 is 5.32 Å². The zero-order chi connectivity index (χ0) is 20.1. The lowest BCUT2D eigenvalue weighted by Gasteiger charge is -2.05. The first-order valence-electron chi connectivity index (χ1n) is 8.41. The lowest BCUT2D eigenvalue weighted by Crippen LogP contribution is -2.11. The summed E-state index contributed by atoms with van der Waals surface area (Å²) in [4.78, 5) is 34.4. The maximum Gasteiger partial charge on any atom is 0.338 e. The van der Waals surface area contributed by atoms with E-state index >= 15 is 0 Å². The highest BCUT2D eigenvalue weighted by Crippen LogP contribution is 2.26. The fourth-order valence-corrected chi connectivity index (χ4v) is 2.48. The second kappa shape index (κ2) is 8.17. The Hall–Kier alpha value is -3.94. The van der Waals surface area contributed by atoms with Gasteiger partial charge in [-0.15, -0.1) is 0 Å². The van der Waals surface area contributed by atoms with E-state index < -0.39 is 16.8 Å². The molecule has 0 saturated carbocycles. The highest BCUT2D eigenvalue weighted by Gasteiger charge is 2.15. The van der Waals surface area contributed by atoms with Gasteiger partial charge in [-0.05, 0) is 43.3 Å². The van der Waals surface area contributed by atoms with Gasteiger partial charge in [0.25, 0.3) is 11.6 Å². The predicted octanol–water partition coefficient (Wildman–Crippen LogP) is 4.28. The van der Waals surface area contributed by atoms with Crippen LogP contribution in [0.5, 0.6) is 0 Å². The van der Waals surface area contributed by atoms with Crippen molar-refractivity contribution >= 4 is 23.3 Å². The number of nitrogens with zero attached hydrogens (tertiary/aromatic N) is 1. The smallest absolute Gasteiger partial charge is 0.338 e. The van der Waals surface area contributed by atoms with E-state index in [2.05, 4.69) is 5.32 Å². The molecule has 28 heavy (non-hydrogen) atoms. The summed E-state index contributed by atoms with van der Waals surface area (Å²) in [5.74, 6) is -0.531. The molecule has 1 aromatic heterocycles. The minimum atomic E-state index is -0.500.